The van der Waals surface area contributed by atoms with Gasteiger partial charge in [-0.3, -0.25) is 0 Å². The van der Waals surface area contributed by atoms with Crippen molar-refractivity contribution in [2.45, 2.75) is 6.17 Å². The maximum absolute atomic E-state index is 6.18. The van der Waals surface area contributed by atoms with Crippen LogP contribution in [-0.4, -0.2) is 11.7 Å². The first-order valence-corrected chi connectivity index (χ1v) is 12.2. The molecule has 1 atom stereocenters. The van der Waals surface area contributed by atoms with Crippen LogP contribution in [0.4, 0.5) is 0 Å². The summed E-state index contributed by atoms with van der Waals surface area (Å²) in [4.78, 5) is 10.0. The van der Waals surface area contributed by atoms with Gasteiger partial charge in [0, 0.05) is 33.0 Å². The highest BCUT2D eigenvalue weighted by Crippen LogP contribution is 2.32. The fraction of sp³-hybridized carbons (Fsp3) is 0.0323. The van der Waals surface area contributed by atoms with Gasteiger partial charge in [-0.25, -0.2) is 9.98 Å². The van der Waals surface area contributed by atoms with E-state index in [-0.39, 0.29) is 6.17 Å². The van der Waals surface area contributed by atoms with E-state index in [1.165, 1.54) is 10.8 Å². The number of amidine groups is 2. The first kappa shape index (κ1) is 20.9. The Kier molecular flexibility index (Phi) is 4.86. The molecule has 0 amide bonds. The van der Waals surface area contributed by atoms with E-state index in [0.717, 1.165) is 50.3 Å². The molecular weight excluding hydrogens is 466 g/mol. The SMILES string of the molecule is Clc1ccc2c(c1)oc1cc(C3=NC(c4ccc5ccccc5c4)N=C(c4ccccc4)N3)ccc12. The van der Waals surface area contributed by atoms with Gasteiger partial charge in [-0.1, -0.05) is 84.4 Å². The zero-order valence-electron chi connectivity index (χ0n) is 19.2. The fourth-order valence-electron chi connectivity index (χ4n) is 4.76. The van der Waals surface area contributed by atoms with E-state index in [4.69, 9.17) is 26.0 Å². The van der Waals surface area contributed by atoms with Crippen molar-refractivity contribution in [2.75, 3.05) is 0 Å². The number of nitrogens with zero attached hydrogens (tertiary/aromatic N) is 2. The lowest BCUT2D eigenvalue weighted by molar-refractivity contribution is 0.668. The minimum Gasteiger partial charge on any atom is -0.456 e. The Morgan fingerprint density at radius 1 is 0.611 bits per heavy atom. The van der Waals surface area contributed by atoms with Crippen LogP contribution in [0.2, 0.25) is 5.02 Å². The van der Waals surface area contributed by atoms with Crippen molar-refractivity contribution < 1.29 is 4.42 Å². The van der Waals surface area contributed by atoms with Gasteiger partial charge in [-0.15, -0.1) is 0 Å². The zero-order valence-corrected chi connectivity index (χ0v) is 19.9. The van der Waals surface area contributed by atoms with E-state index in [0.29, 0.717) is 5.02 Å². The molecule has 1 unspecified atom stereocenters. The highest BCUT2D eigenvalue weighted by atomic mass is 35.5. The summed E-state index contributed by atoms with van der Waals surface area (Å²) in [6.07, 6.45) is -0.369. The lowest BCUT2D eigenvalue weighted by atomic mass is 10.0. The summed E-state index contributed by atoms with van der Waals surface area (Å²) < 4.78 is 6.14. The standard InChI is InChI=1S/C31H20ClN3O/c32-24-13-15-26-25-14-12-23(17-27(25)36-28(26)18-24)31-34-29(20-7-2-1-3-8-20)33-30(35-31)22-11-10-19-6-4-5-9-21(19)16-22/h1-18,30H,(H,33,34,35). The smallest absolute Gasteiger partial charge is 0.169 e. The van der Waals surface area contributed by atoms with Gasteiger partial charge in [-0.2, -0.15) is 0 Å². The van der Waals surface area contributed by atoms with Gasteiger partial charge < -0.3 is 9.73 Å². The Balaban J connectivity index is 1.36. The van der Waals surface area contributed by atoms with Gasteiger partial charge in [0.05, 0.1) is 0 Å². The molecule has 5 aromatic carbocycles. The molecule has 0 fully saturated rings. The van der Waals surface area contributed by atoms with Crippen LogP contribution in [0.25, 0.3) is 32.7 Å². The Morgan fingerprint density at radius 3 is 2.14 bits per heavy atom. The average molecular weight is 486 g/mol. The lowest BCUT2D eigenvalue weighted by Crippen LogP contribution is -2.36. The molecule has 36 heavy (non-hydrogen) atoms. The van der Waals surface area contributed by atoms with Gasteiger partial charge >= 0.3 is 0 Å². The van der Waals surface area contributed by atoms with E-state index < -0.39 is 0 Å². The van der Waals surface area contributed by atoms with Crippen molar-refractivity contribution in [2.24, 2.45) is 9.98 Å². The maximum atomic E-state index is 6.18. The van der Waals surface area contributed by atoms with E-state index in [1.54, 1.807) is 0 Å². The number of aliphatic imine (C=N–C) groups is 2. The molecule has 0 radical (unpaired) electrons. The number of fused-ring (bicyclic) bond motifs is 4. The molecule has 4 nitrogen and oxygen atoms in total. The summed E-state index contributed by atoms with van der Waals surface area (Å²) in [6, 6.07) is 36.8. The summed E-state index contributed by atoms with van der Waals surface area (Å²) in [7, 11) is 0. The normalized spacial score (nSPS) is 15.6. The second-order valence-corrected chi connectivity index (χ2v) is 9.32. The largest absolute Gasteiger partial charge is 0.456 e. The molecule has 7 rings (SSSR count). The Hall–Kier alpha value is -4.41. The molecule has 5 heteroatoms. The van der Waals surface area contributed by atoms with E-state index in [2.05, 4.69) is 72.0 Å². The van der Waals surface area contributed by atoms with Crippen molar-refractivity contribution in [3.63, 3.8) is 0 Å². The number of halogens is 1. The van der Waals surface area contributed by atoms with Crippen molar-refractivity contribution in [3.8, 4) is 0 Å². The Labute approximate surface area is 212 Å². The average Bonchev–Trinajstić information content (AvgIpc) is 3.29. The topological polar surface area (TPSA) is 49.9 Å². The minimum absolute atomic E-state index is 0.369. The van der Waals surface area contributed by atoms with Crippen molar-refractivity contribution in [1.29, 1.82) is 0 Å². The van der Waals surface area contributed by atoms with E-state index in [1.807, 2.05) is 42.5 Å². The number of hydrogen-bond acceptors (Lipinski definition) is 4. The molecule has 0 saturated heterocycles. The fourth-order valence-corrected chi connectivity index (χ4v) is 4.92. The molecule has 0 spiro atoms. The van der Waals surface area contributed by atoms with Gasteiger partial charge in [0.25, 0.3) is 0 Å². The van der Waals surface area contributed by atoms with Gasteiger partial charge in [0.2, 0.25) is 0 Å². The predicted octanol–water partition coefficient (Wildman–Crippen LogP) is 7.89. The monoisotopic (exact) mass is 485 g/mol. The number of benzene rings is 5. The third-order valence-corrected chi connectivity index (χ3v) is 6.80. The predicted molar refractivity (Wildman–Crippen MR) is 148 cm³/mol. The Bertz CT molecular complexity index is 1840. The number of hydrogen-bond donors (Lipinski definition) is 1. The number of rotatable bonds is 3. The van der Waals surface area contributed by atoms with Crippen LogP contribution in [0.3, 0.4) is 0 Å². The van der Waals surface area contributed by atoms with Crippen LogP contribution < -0.4 is 5.32 Å². The second kappa shape index (κ2) is 8.36. The molecule has 0 saturated carbocycles. The zero-order chi connectivity index (χ0) is 24.1. The van der Waals surface area contributed by atoms with E-state index in [9.17, 15) is 0 Å². The first-order chi connectivity index (χ1) is 17.7. The third kappa shape index (κ3) is 3.63. The van der Waals surface area contributed by atoms with Crippen molar-refractivity contribution >= 4 is 56.0 Å². The summed E-state index contributed by atoms with van der Waals surface area (Å²) in [5.41, 5.74) is 4.55. The lowest BCUT2D eigenvalue weighted by Gasteiger charge is -2.22. The van der Waals surface area contributed by atoms with Gasteiger partial charge in [0.15, 0.2) is 6.17 Å². The van der Waals surface area contributed by atoms with Crippen LogP contribution in [0.15, 0.2) is 124 Å². The molecule has 6 aromatic rings. The maximum Gasteiger partial charge on any atom is 0.169 e. The van der Waals surface area contributed by atoms with Crippen LogP contribution >= 0.6 is 11.6 Å². The highest BCUT2D eigenvalue weighted by molar-refractivity contribution is 6.31. The van der Waals surface area contributed by atoms with Crippen molar-refractivity contribution in [3.05, 3.63) is 131 Å². The number of furan rings is 1. The molecule has 0 bridgehead atoms. The van der Waals surface area contributed by atoms with Crippen LogP contribution in [0.1, 0.15) is 22.9 Å². The molecule has 0 aliphatic carbocycles. The summed E-state index contributed by atoms with van der Waals surface area (Å²) in [5, 5.41) is 8.58. The molecule has 1 aliphatic rings. The quantitative estimate of drug-likeness (QED) is 0.277. The van der Waals surface area contributed by atoms with Crippen molar-refractivity contribution in [1.82, 2.24) is 5.32 Å². The summed E-state index contributed by atoms with van der Waals surface area (Å²) in [5.74, 6) is 1.54. The second-order valence-electron chi connectivity index (χ2n) is 8.88. The number of nitrogens with one attached hydrogen (secondary N) is 1. The van der Waals surface area contributed by atoms with Crippen LogP contribution in [0.5, 0.6) is 0 Å². The highest BCUT2D eigenvalue weighted by Gasteiger charge is 2.21. The molecule has 2 heterocycles. The van der Waals surface area contributed by atoms with E-state index >= 15 is 0 Å². The molecule has 172 valence electrons. The van der Waals surface area contributed by atoms with Gasteiger partial charge in [0.1, 0.15) is 22.8 Å². The van der Waals surface area contributed by atoms with Crippen LogP contribution in [0, 0.1) is 0 Å². The molecule has 1 aliphatic heterocycles. The molecular formula is C31H20ClN3O. The molecule has 1 N–H and O–H groups in total. The summed E-state index contributed by atoms with van der Waals surface area (Å²) in [6.45, 7) is 0. The Morgan fingerprint density at radius 2 is 1.31 bits per heavy atom. The minimum atomic E-state index is -0.369. The van der Waals surface area contributed by atoms with Crippen LogP contribution in [-0.2, 0) is 0 Å². The third-order valence-electron chi connectivity index (χ3n) is 6.57. The summed E-state index contributed by atoms with van der Waals surface area (Å²) >= 11 is 6.18. The van der Waals surface area contributed by atoms with Gasteiger partial charge in [-0.05, 0) is 46.7 Å². The first-order valence-electron chi connectivity index (χ1n) is 11.8. The molecule has 1 aromatic heterocycles.